The molecule has 1 saturated heterocycles. The van der Waals surface area contributed by atoms with Crippen molar-refractivity contribution >= 4 is 11.6 Å². The van der Waals surface area contributed by atoms with Crippen molar-refractivity contribution in [2.45, 2.75) is 12.5 Å². The maximum absolute atomic E-state index is 10.6. The monoisotopic (exact) mass is 303 g/mol. The molecular weight excluding hydrogens is 286 g/mol. The summed E-state index contributed by atoms with van der Waals surface area (Å²) in [7, 11) is 0. The molecular formula is C14H17N5O3. The van der Waals surface area contributed by atoms with Gasteiger partial charge in [-0.3, -0.25) is 10.1 Å². The van der Waals surface area contributed by atoms with Crippen LogP contribution < -0.4 is 10.6 Å². The van der Waals surface area contributed by atoms with Crippen LogP contribution in [0.25, 0.3) is 0 Å². The zero-order valence-corrected chi connectivity index (χ0v) is 11.9. The Kier molecular flexibility index (Phi) is 4.40. The number of allylic oxidation sites excluding steroid dienone is 2. The van der Waals surface area contributed by atoms with Gasteiger partial charge in [-0.1, -0.05) is 12.2 Å². The lowest BCUT2D eigenvalue weighted by molar-refractivity contribution is -0.385. The highest BCUT2D eigenvalue weighted by molar-refractivity contribution is 5.42. The molecule has 2 N–H and O–H groups in total. The van der Waals surface area contributed by atoms with Gasteiger partial charge in [-0.15, -0.1) is 0 Å². The van der Waals surface area contributed by atoms with E-state index in [1.807, 2.05) is 6.08 Å². The van der Waals surface area contributed by atoms with Crippen LogP contribution in [0.2, 0.25) is 0 Å². The van der Waals surface area contributed by atoms with Crippen LogP contribution in [-0.4, -0.2) is 40.7 Å². The van der Waals surface area contributed by atoms with Crippen molar-refractivity contribution in [2.24, 2.45) is 5.92 Å². The molecule has 116 valence electrons. The number of ether oxygens (including phenoxy) is 1. The van der Waals surface area contributed by atoms with Gasteiger partial charge in [-0.2, -0.15) is 0 Å². The minimum absolute atomic E-state index is 0.124. The zero-order valence-electron chi connectivity index (χ0n) is 11.9. The van der Waals surface area contributed by atoms with E-state index < -0.39 is 4.92 Å². The van der Waals surface area contributed by atoms with E-state index in [0.717, 1.165) is 31.8 Å². The first-order valence-electron chi connectivity index (χ1n) is 7.16. The molecule has 1 aromatic rings. The molecule has 3 rings (SSSR count). The molecule has 8 heteroatoms. The zero-order chi connectivity index (χ0) is 15.4. The second kappa shape index (κ2) is 6.63. The number of hydrogen-bond acceptors (Lipinski definition) is 7. The Morgan fingerprint density at radius 2 is 2.23 bits per heavy atom. The van der Waals surface area contributed by atoms with Gasteiger partial charge < -0.3 is 15.4 Å². The second-order valence-corrected chi connectivity index (χ2v) is 5.18. The quantitative estimate of drug-likeness (QED) is 0.637. The maximum atomic E-state index is 10.6. The Bertz CT molecular complexity index is 593. The lowest BCUT2D eigenvalue weighted by atomic mass is 9.93. The summed E-state index contributed by atoms with van der Waals surface area (Å²) in [4.78, 5) is 17.9. The predicted octanol–water partition coefficient (Wildman–Crippen LogP) is 1.25. The van der Waals surface area contributed by atoms with E-state index in [-0.39, 0.29) is 11.8 Å². The third-order valence-corrected chi connectivity index (χ3v) is 3.67. The molecule has 22 heavy (non-hydrogen) atoms. The fourth-order valence-electron chi connectivity index (χ4n) is 2.48. The van der Waals surface area contributed by atoms with Crippen molar-refractivity contribution in [3.05, 3.63) is 46.4 Å². The van der Waals surface area contributed by atoms with Crippen molar-refractivity contribution in [1.29, 1.82) is 0 Å². The second-order valence-electron chi connectivity index (χ2n) is 5.18. The lowest BCUT2D eigenvalue weighted by Gasteiger charge is -2.30. The summed E-state index contributed by atoms with van der Waals surface area (Å²) < 4.78 is 5.75. The normalized spacial score (nSPS) is 24.6. The molecule has 0 radical (unpaired) electrons. The summed E-state index contributed by atoms with van der Waals surface area (Å²) in [6, 6.07) is 0. The molecule has 8 nitrogen and oxygen atoms in total. The predicted molar refractivity (Wildman–Crippen MR) is 80.2 cm³/mol. The van der Waals surface area contributed by atoms with Gasteiger partial charge in [0.15, 0.2) is 0 Å². The molecule has 2 atom stereocenters. The van der Waals surface area contributed by atoms with E-state index >= 15 is 0 Å². The van der Waals surface area contributed by atoms with Crippen LogP contribution in [0, 0.1) is 16.0 Å². The third-order valence-electron chi connectivity index (χ3n) is 3.67. The summed E-state index contributed by atoms with van der Waals surface area (Å²) in [5.41, 5.74) is 0.759. The molecule has 1 fully saturated rings. The van der Waals surface area contributed by atoms with Gasteiger partial charge in [0.25, 0.3) is 0 Å². The highest BCUT2D eigenvalue weighted by Crippen LogP contribution is 2.23. The van der Waals surface area contributed by atoms with Crippen LogP contribution in [0.1, 0.15) is 6.42 Å². The van der Waals surface area contributed by atoms with Crippen molar-refractivity contribution in [3.8, 4) is 0 Å². The topological polar surface area (TPSA) is 102 Å². The largest absolute Gasteiger partial charge is 0.375 e. The highest BCUT2D eigenvalue weighted by Gasteiger charge is 2.23. The van der Waals surface area contributed by atoms with E-state index in [0.29, 0.717) is 11.9 Å². The fourth-order valence-corrected chi connectivity index (χ4v) is 2.48. The average molecular weight is 303 g/mol. The number of nitro groups is 1. The summed E-state index contributed by atoms with van der Waals surface area (Å²) in [6.07, 6.45) is 9.60. The van der Waals surface area contributed by atoms with E-state index in [9.17, 15) is 10.1 Å². The molecule has 1 aliphatic carbocycles. The average Bonchev–Trinajstić information content (AvgIpc) is 2.57. The summed E-state index contributed by atoms with van der Waals surface area (Å²) in [6.45, 7) is 2.53. The summed E-state index contributed by atoms with van der Waals surface area (Å²) in [5, 5.41) is 16.9. The van der Waals surface area contributed by atoms with Gasteiger partial charge in [0, 0.05) is 24.7 Å². The maximum Gasteiger partial charge on any atom is 0.305 e. The Morgan fingerprint density at radius 1 is 1.41 bits per heavy atom. The molecule has 0 amide bonds. The molecule has 0 saturated carbocycles. The number of aromatic nitrogens is 2. The van der Waals surface area contributed by atoms with Crippen molar-refractivity contribution in [3.63, 3.8) is 0 Å². The van der Waals surface area contributed by atoms with E-state index in [2.05, 4.69) is 32.8 Å². The number of nitrogens with zero attached hydrogens (tertiary/aromatic N) is 3. The minimum Gasteiger partial charge on any atom is -0.375 e. The summed E-state index contributed by atoms with van der Waals surface area (Å²) >= 11 is 0. The van der Waals surface area contributed by atoms with Crippen LogP contribution in [0.15, 0.2) is 36.3 Å². The number of morpholine rings is 1. The molecule has 2 aliphatic rings. The molecule has 0 spiro atoms. The van der Waals surface area contributed by atoms with Crippen LogP contribution in [0.5, 0.6) is 0 Å². The number of anilines is 1. The Hall–Kier alpha value is -2.32. The fraction of sp³-hybridized carbons (Fsp3) is 0.429. The van der Waals surface area contributed by atoms with Crippen LogP contribution in [-0.2, 0) is 4.74 Å². The van der Waals surface area contributed by atoms with Crippen LogP contribution in [0.3, 0.4) is 0 Å². The first-order chi connectivity index (χ1) is 10.7. The molecule has 0 aromatic carbocycles. The minimum atomic E-state index is -0.521. The Labute approximate surface area is 127 Å². The van der Waals surface area contributed by atoms with Crippen LogP contribution >= 0.6 is 0 Å². The van der Waals surface area contributed by atoms with Gasteiger partial charge in [0.2, 0.25) is 5.95 Å². The Balaban J connectivity index is 1.57. The van der Waals surface area contributed by atoms with E-state index in [1.165, 1.54) is 12.4 Å². The van der Waals surface area contributed by atoms with Crippen molar-refractivity contribution < 1.29 is 9.66 Å². The standard InChI is InChI=1S/C14H17N5O3/c20-19(21)12-7-16-14(17-8-12)18-11-3-1-10(2-4-11)13-9-15-5-6-22-13/h1,3-4,7-8,10,13,15H,2,5-6,9H2,(H,16,17,18)/t10?,13-/m1/s1. The van der Waals surface area contributed by atoms with Gasteiger partial charge in [0.05, 0.1) is 17.6 Å². The number of nitrogens with one attached hydrogen (secondary N) is 2. The van der Waals surface area contributed by atoms with Gasteiger partial charge in [-0.25, -0.2) is 9.97 Å². The lowest BCUT2D eigenvalue weighted by Crippen LogP contribution is -2.42. The van der Waals surface area contributed by atoms with Crippen molar-refractivity contribution in [1.82, 2.24) is 15.3 Å². The van der Waals surface area contributed by atoms with Gasteiger partial charge in [-0.05, 0) is 12.5 Å². The van der Waals surface area contributed by atoms with Gasteiger partial charge in [0.1, 0.15) is 12.4 Å². The number of hydrogen-bond donors (Lipinski definition) is 2. The molecule has 2 heterocycles. The van der Waals surface area contributed by atoms with Gasteiger partial charge >= 0.3 is 5.69 Å². The summed E-state index contributed by atoms with van der Waals surface area (Å²) in [5.74, 6) is 0.701. The molecule has 1 aliphatic heterocycles. The highest BCUT2D eigenvalue weighted by atomic mass is 16.6. The molecule has 0 bridgehead atoms. The SMILES string of the molecule is O=[N+]([O-])c1cnc(NC2=CCC([C@H]3CNCCO3)C=C2)nc1. The van der Waals surface area contributed by atoms with E-state index in [1.54, 1.807) is 0 Å². The van der Waals surface area contributed by atoms with E-state index in [4.69, 9.17) is 4.74 Å². The first-order valence-corrected chi connectivity index (χ1v) is 7.16. The third kappa shape index (κ3) is 3.46. The number of rotatable bonds is 4. The first kappa shape index (κ1) is 14.6. The molecule has 1 unspecified atom stereocenters. The smallest absolute Gasteiger partial charge is 0.305 e. The molecule has 1 aromatic heterocycles. The van der Waals surface area contributed by atoms with Crippen LogP contribution in [0.4, 0.5) is 11.6 Å². The Morgan fingerprint density at radius 3 is 2.82 bits per heavy atom. The van der Waals surface area contributed by atoms with Crippen molar-refractivity contribution in [2.75, 3.05) is 25.0 Å².